The van der Waals surface area contributed by atoms with Crippen LogP contribution in [0, 0.1) is 12.7 Å². The minimum Gasteiger partial charge on any atom is -0.379 e. The molecular weight excluding hydrogens is 307 g/mol. The van der Waals surface area contributed by atoms with Crippen LogP contribution in [0.3, 0.4) is 0 Å². The summed E-state index contributed by atoms with van der Waals surface area (Å²) in [4.78, 5) is 11.3. The molecule has 122 valence electrons. The maximum absolute atomic E-state index is 13.0. The van der Waals surface area contributed by atoms with E-state index in [2.05, 4.69) is 10.4 Å². The van der Waals surface area contributed by atoms with Gasteiger partial charge in [-0.3, -0.25) is 4.79 Å². The molecule has 0 atom stereocenters. The van der Waals surface area contributed by atoms with E-state index in [1.54, 1.807) is 28.9 Å². The Labute approximate surface area is 138 Å². The summed E-state index contributed by atoms with van der Waals surface area (Å²) in [6.07, 6.45) is 1.82. The normalized spacial score (nSPS) is 10.6. The lowest BCUT2D eigenvalue weighted by molar-refractivity contribution is 0.100. The Kier molecular flexibility index (Phi) is 4.29. The van der Waals surface area contributed by atoms with Crippen molar-refractivity contribution >= 4 is 11.6 Å². The Morgan fingerprint density at radius 2 is 1.96 bits per heavy atom. The van der Waals surface area contributed by atoms with Gasteiger partial charge >= 0.3 is 0 Å². The van der Waals surface area contributed by atoms with Crippen molar-refractivity contribution in [1.29, 1.82) is 0 Å². The monoisotopic (exact) mass is 324 g/mol. The molecule has 0 spiro atoms. The van der Waals surface area contributed by atoms with Gasteiger partial charge in [0.15, 0.2) is 0 Å². The van der Waals surface area contributed by atoms with Crippen LogP contribution in [0.15, 0.2) is 54.7 Å². The molecule has 3 aromatic rings. The third-order valence-corrected chi connectivity index (χ3v) is 3.72. The van der Waals surface area contributed by atoms with Crippen molar-refractivity contribution in [3.05, 3.63) is 77.4 Å². The molecule has 0 saturated carbocycles. The number of aryl methyl sites for hydroxylation is 1. The minimum absolute atomic E-state index is 0.280. The molecule has 3 rings (SSSR count). The highest BCUT2D eigenvalue weighted by Gasteiger charge is 2.06. The molecule has 2 aromatic carbocycles. The highest BCUT2D eigenvalue weighted by Crippen LogP contribution is 2.18. The number of amides is 1. The van der Waals surface area contributed by atoms with Gasteiger partial charge in [-0.25, -0.2) is 9.07 Å². The summed E-state index contributed by atoms with van der Waals surface area (Å²) in [5.41, 5.74) is 9.22. The van der Waals surface area contributed by atoms with Gasteiger partial charge in [0.05, 0.1) is 17.9 Å². The molecule has 1 heterocycles. The van der Waals surface area contributed by atoms with Crippen LogP contribution in [0.4, 0.5) is 10.1 Å². The Bertz CT molecular complexity index is 871. The summed E-state index contributed by atoms with van der Waals surface area (Å²) in [6, 6.07) is 13.3. The first-order valence-electron chi connectivity index (χ1n) is 7.48. The summed E-state index contributed by atoms with van der Waals surface area (Å²) in [5.74, 6) is -0.740. The number of aromatic nitrogens is 2. The van der Waals surface area contributed by atoms with Gasteiger partial charge in [0.25, 0.3) is 0 Å². The molecule has 0 unspecified atom stereocenters. The number of anilines is 1. The Balaban J connectivity index is 1.73. The van der Waals surface area contributed by atoms with Gasteiger partial charge in [-0.05, 0) is 55.0 Å². The lowest BCUT2D eigenvalue weighted by atomic mass is 10.1. The molecule has 3 N–H and O–H groups in total. The van der Waals surface area contributed by atoms with Crippen molar-refractivity contribution < 1.29 is 9.18 Å². The lowest BCUT2D eigenvalue weighted by Gasteiger charge is -2.09. The number of halogens is 1. The molecule has 6 heteroatoms. The molecular formula is C18H17FN4O. The zero-order chi connectivity index (χ0) is 17.1. The molecule has 0 radical (unpaired) electrons. The van der Waals surface area contributed by atoms with Crippen LogP contribution in [-0.2, 0) is 6.54 Å². The summed E-state index contributed by atoms with van der Waals surface area (Å²) in [6.45, 7) is 2.45. The highest BCUT2D eigenvalue weighted by molar-refractivity contribution is 5.94. The molecule has 0 aliphatic heterocycles. The second-order valence-electron chi connectivity index (χ2n) is 5.48. The quantitative estimate of drug-likeness (QED) is 0.757. The second kappa shape index (κ2) is 6.54. The van der Waals surface area contributed by atoms with Crippen molar-refractivity contribution in [3.63, 3.8) is 0 Å². The first-order valence-corrected chi connectivity index (χ1v) is 7.48. The maximum atomic E-state index is 13.0. The smallest absolute Gasteiger partial charge is 0.248 e. The summed E-state index contributed by atoms with van der Waals surface area (Å²) >= 11 is 0. The van der Waals surface area contributed by atoms with Crippen LogP contribution in [-0.4, -0.2) is 15.7 Å². The van der Waals surface area contributed by atoms with E-state index in [4.69, 9.17) is 5.73 Å². The van der Waals surface area contributed by atoms with E-state index >= 15 is 0 Å². The Hall–Kier alpha value is -3.15. The molecule has 1 amide bonds. The first kappa shape index (κ1) is 15.7. The van der Waals surface area contributed by atoms with Crippen molar-refractivity contribution in [3.8, 4) is 5.69 Å². The standard InChI is InChI=1S/C18H17FN4O/c1-12-2-3-13(18(20)24)10-17(12)21-11-15-8-9-23(22-15)16-6-4-14(19)5-7-16/h2-10,21H,11H2,1H3,(H2,20,24). The Morgan fingerprint density at radius 3 is 2.67 bits per heavy atom. The number of nitrogens with two attached hydrogens (primary N) is 1. The fraction of sp³-hybridized carbons (Fsp3) is 0.111. The largest absolute Gasteiger partial charge is 0.379 e. The maximum Gasteiger partial charge on any atom is 0.248 e. The van der Waals surface area contributed by atoms with Crippen molar-refractivity contribution in [2.24, 2.45) is 5.73 Å². The number of carbonyl (C=O) groups is 1. The zero-order valence-electron chi connectivity index (χ0n) is 13.2. The van der Waals surface area contributed by atoms with E-state index in [1.165, 1.54) is 12.1 Å². The van der Waals surface area contributed by atoms with Gasteiger partial charge in [-0.15, -0.1) is 0 Å². The predicted octanol–water partition coefficient (Wildman–Crippen LogP) is 3.03. The number of benzene rings is 2. The fourth-order valence-corrected chi connectivity index (χ4v) is 2.35. The van der Waals surface area contributed by atoms with E-state index in [0.717, 1.165) is 22.6 Å². The molecule has 0 aliphatic rings. The number of nitrogens with one attached hydrogen (secondary N) is 1. The van der Waals surface area contributed by atoms with E-state index < -0.39 is 5.91 Å². The topological polar surface area (TPSA) is 72.9 Å². The van der Waals surface area contributed by atoms with Crippen molar-refractivity contribution in [2.45, 2.75) is 13.5 Å². The lowest BCUT2D eigenvalue weighted by Crippen LogP contribution is -2.12. The Morgan fingerprint density at radius 1 is 1.21 bits per heavy atom. The number of hydrogen-bond acceptors (Lipinski definition) is 3. The number of primary amides is 1. The highest BCUT2D eigenvalue weighted by atomic mass is 19.1. The summed E-state index contributed by atoms with van der Waals surface area (Å²) < 4.78 is 14.7. The van der Waals surface area contributed by atoms with Crippen molar-refractivity contribution in [2.75, 3.05) is 5.32 Å². The second-order valence-corrected chi connectivity index (χ2v) is 5.48. The SMILES string of the molecule is Cc1ccc(C(N)=O)cc1NCc1ccn(-c2ccc(F)cc2)n1. The van der Waals surface area contributed by atoms with E-state index in [-0.39, 0.29) is 5.82 Å². The van der Waals surface area contributed by atoms with Gasteiger partial charge in [0.1, 0.15) is 5.82 Å². The van der Waals surface area contributed by atoms with Crippen LogP contribution in [0.25, 0.3) is 5.69 Å². The van der Waals surface area contributed by atoms with Gasteiger partial charge in [-0.2, -0.15) is 5.10 Å². The van der Waals surface area contributed by atoms with Gasteiger partial charge in [-0.1, -0.05) is 6.07 Å². The number of carbonyl (C=O) groups excluding carboxylic acids is 1. The van der Waals surface area contributed by atoms with Crippen LogP contribution < -0.4 is 11.1 Å². The summed E-state index contributed by atoms with van der Waals surface area (Å²) in [5, 5.41) is 7.71. The fourth-order valence-electron chi connectivity index (χ4n) is 2.35. The molecule has 1 aromatic heterocycles. The van der Waals surface area contributed by atoms with Crippen molar-refractivity contribution in [1.82, 2.24) is 9.78 Å². The van der Waals surface area contributed by atoms with Gasteiger partial charge in [0, 0.05) is 17.4 Å². The molecule has 5 nitrogen and oxygen atoms in total. The number of rotatable bonds is 5. The number of hydrogen-bond donors (Lipinski definition) is 2. The zero-order valence-corrected chi connectivity index (χ0v) is 13.2. The van der Waals surface area contributed by atoms with Gasteiger partial charge < -0.3 is 11.1 Å². The minimum atomic E-state index is -0.460. The summed E-state index contributed by atoms with van der Waals surface area (Å²) in [7, 11) is 0. The van der Waals surface area contributed by atoms with Crippen LogP contribution in [0.5, 0.6) is 0 Å². The average molecular weight is 324 g/mol. The third-order valence-electron chi connectivity index (χ3n) is 3.72. The van der Waals surface area contributed by atoms with Crippen LogP contribution in [0.1, 0.15) is 21.6 Å². The van der Waals surface area contributed by atoms with E-state index in [0.29, 0.717) is 12.1 Å². The van der Waals surface area contributed by atoms with Crippen LogP contribution >= 0.6 is 0 Å². The van der Waals surface area contributed by atoms with Gasteiger partial charge in [0.2, 0.25) is 5.91 Å². The molecule has 0 bridgehead atoms. The van der Waals surface area contributed by atoms with E-state index in [9.17, 15) is 9.18 Å². The molecule has 0 fully saturated rings. The first-order chi connectivity index (χ1) is 11.5. The third kappa shape index (κ3) is 3.43. The predicted molar refractivity (Wildman–Crippen MR) is 90.5 cm³/mol. The molecule has 0 aliphatic carbocycles. The number of nitrogens with zero attached hydrogens (tertiary/aromatic N) is 2. The van der Waals surface area contributed by atoms with Crippen LogP contribution in [0.2, 0.25) is 0 Å². The molecule has 0 saturated heterocycles. The van der Waals surface area contributed by atoms with E-state index in [1.807, 2.05) is 25.3 Å². The molecule has 24 heavy (non-hydrogen) atoms. The average Bonchev–Trinajstić information content (AvgIpc) is 3.03.